The molecular formula is C22H17F3N2O3S2. The fourth-order valence-corrected chi connectivity index (χ4v) is 4.04. The maximum Gasteiger partial charge on any atom is 0.416 e. The van der Waals surface area contributed by atoms with E-state index in [1.165, 1.54) is 17.0 Å². The Hall–Kier alpha value is -3.11. The van der Waals surface area contributed by atoms with E-state index in [0.29, 0.717) is 27.1 Å². The van der Waals surface area contributed by atoms with Gasteiger partial charge in [0.1, 0.15) is 10.1 Å². The second kappa shape index (κ2) is 10.0. The highest BCUT2D eigenvalue weighted by atomic mass is 32.2. The summed E-state index contributed by atoms with van der Waals surface area (Å²) in [6, 6.07) is 11.1. The number of hydrogen-bond acceptors (Lipinski definition) is 5. The summed E-state index contributed by atoms with van der Waals surface area (Å²) in [7, 11) is 0. The quantitative estimate of drug-likeness (QED) is 0.341. The van der Waals surface area contributed by atoms with E-state index in [-0.39, 0.29) is 11.6 Å². The minimum Gasteiger partial charge on any atom is -0.483 e. The van der Waals surface area contributed by atoms with Gasteiger partial charge in [0, 0.05) is 17.8 Å². The number of carbonyl (C=O) groups is 2. The molecule has 10 heteroatoms. The Bertz CT molecular complexity index is 1100. The van der Waals surface area contributed by atoms with Gasteiger partial charge in [0.15, 0.2) is 6.61 Å². The van der Waals surface area contributed by atoms with E-state index in [9.17, 15) is 22.8 Å². The van der Waals surface area contributed by atoms with Gasteiger partial charge in [0.05, 0.1) is 10.5 Å². The Labute approximate surface area is 191 Å². The number of nitrogens with one attached hydrogen (secondary N) is 1. The van der Waals surface area contributed by atoms with Crippen molar-refractivity contribution in [3.63, 3.8) is 0 Å². The molecule has 0 saturated carbocycles. The van der Waals surface area contributed by atoms with E-state index in [0.717, 1.165) is 23.9 Å². The predicted molar refractivity (Wildman–Crippen MR) is 122 cm³/mol. The van der Waals surface area contributed by atoms with Crippen LogP contribution in [0.5, 0.6) is 5.75 Å². The second-order valence-electron chi connectivity index (χ2n) is 6.53. The second-order valence-corrected chi connectivity index (χ2v) is 8.21. The summed E-state index contributed by atoms with van der Waals surface area (Å²) in [6.07, 6.45) is -1.32. The smallest absolute Gasteiger partial charge is 0.416 e. The van der Waals surface area contributed by atoms with Gasteiger partial charge >= 0.3 is 6.18 Å². The number of alkyl halides is 3. The van der Waals surface area contributed by atoms with Gasteiger partial charge in [0.2, 0.25) is 0 Å². The van der Waals surface area contributed by atoms with Crippen LogP contribution in [0, 0.1) is 0 Å². The van der Waals surface area contributed by atoms with Crippen LogP contribution in [0.1, 0.15) is 11.1 Å². The molecule has 0 bridgehead atoms. The van der Waals surface area contributed by atoms with E-state index in [1.807, 2.05) is 0 Å². The number of para-hydroxylation sites is 1. The summed E-state index contributed by atoms with van der Waals surface area (Å²) in [5.41, 5.74) is -0.304. The number of amides is 2. The third-order valence-corrected chi connectivity index (χ3v) is 5.60. The molecule has 0 radical (unpaired) electrons. The number of ether oxygens (including phenoxy) is 1. The molecule has 166 valence electrons. The number of carbonyl (C=O) groups excluding carboxylic acids is 2. The number of benzene rings is 2. The highest BCUT2D eigenvalue weighted by Crippen LogP contribution is 2.34. The van der Waals surface area contributed by atoms with Crippen LogP contribution in [0.2, 0.25) is 0 Å². The highest BCUT2D eigenvalue weighted by molar-refractivity contribution is 8.26. The van der Waals surface area contributed by atoms with Crippen molar-refractivity contribution >= 4 is 51.9 Å². The third-order valence-electron chi connectivity index (χ3n) is 4.22. The molecule has 5 nitrogen and oxygen atoms in total. The SMILES string of the molecule is C=CCN1C(=O)/C(=C/c2ccccc2OCC(=O)Nc2cccc(C(F)(F)F)c2)SC1=S. The molecule has 2 amide bonds. The van der Waals surface area contributed by atoms with Crippen molar-refractivity contribution in [2.45, 2.75) is 6.18 Å². The van der Waals surface area contributed by atoms with Crippen molar-refractivity contribution < 1.29 is 27.5 Å². The van der Waals surface area contributed by atoms with Crippen LogP contribution in [-0.2, 0) is 15.8 Å². The summed E-state index contributed by atoms with van der Waals surface area (Å²) >= 11 is 6.36. The molecule has 0 aliphatic carbocycles. The van der Waals surface area contributed by atoms with Crippen molar-refractivity contribution in [3.05, 3.63) is 77.2 Å². The molecule has 32 heavy (non-hydrogen) atoms. The first-order valence-electron chi connectivity index (χ1n) is 9.24. The molecule has 1 saturated heterocycles. The Kier molecular flexibility index (Phi) is 7.37. The Balaban J connectivity index is 1.68. The maximum absolute atomic E-state index is 12.8. The van der Waals surface area contributed by atoms with Crippen molar-refractivity contribution in [2.24, 2.45) is 0 Å². The molecule has 0 aromatic heterocycles. The molecule has 1 N–H and O–H groups in total. The summed E-state index contributed by atoms with van der Waals surface area (Å²) in [5.74, 6) is -0.547. The zero-order valence-electron chi connectivity index (χ0n) is 16.5. The molecular weight excluding hydrogens is 461 g/mol. The van der Waals surface area contributed by atoms with E-state index in [1.54, 1.807) is 36.4 Å². The predicted octanol–water partition coefficient (Wildman–Crippen LogP) is 5.11. The van der Waals surface area contributed by atoms with Crippen molar-refractivity contribution in [1.82, 2.24) is 4.90 Å². The number of halogens is 3. The summed E-state index contributed by atoms with van der Waals surface area (Å²) in [5, 5.41) is 2.38. The number of nitrogens with zero attached hydrogens (tertiary/aromatic N) is 1. The van der Waals surface area contributed by atoms with Gasteiger partial charge in [-0.25, -0.2) is 0 Å². The maximum atomic E-state index is 12.8. The normalized spacial score (nSPS) is 15.2. The molecule has 1 heterocycles. The zero-order valence-corrected chi connectivity index (χ0v) is 18.2. The van der Waals surface area contributed by atoms with Crippen LogP contribution >= 0.6 is 24.0 Å². The minimum atomic E-state index is -4.51. The molecule has 2 aromatic rings. The number of anilines is 1. The van der Waals surface area contributed by atoms with Crippen LogP contribution in [0.25, 0.3) is 6.08 Å². The lowest BCUT2D eigenvalue weighted by atomic mass is 10.2. The zero-order chi connectivity index (χ0) is 23.3. The first kappa shape index (κ1) is 23.6. The topological polar surface area (TPSA) is 58.6 Å². The van der Waals surface area contributed by atoms with Crippen LogP contribution < -0.4 is 10.1 Å². The van der Waals surface area contributed by atoms with Crippen molar-refractivity contribution in [3.8, 4) is 5.75 Å². The highest BCUT2D eigenvalue weighted by Gasteiger charge is 2.31. The lowest BCUT2D eigenvalue weighted by molar-refractivity contribution is -0.137. The lowest BCUT2D eigenvalue weighted by Crippen LogP contribution is -2.27. The molecule has 2 aromatic carbocycles. The number of thiocarbonyl (C=S) groups is 1. The van der Waals surface area contributed by atoms with Gasteiger partial charge < -0.3 is 10.1 Å². The van der Waals surface area contributed by atoms with Gasteiger partial charge in [0.25, 0.3) is 11.8 Å². The molecule has 0 atom stereocenters. The molecule has 0 spiro atoms. The van der Waals surface area contributed by atoms with Gasteiger partial charge in [-0.3, -0.25) is 14.5 Å². The van der Waals surface area contributed by atoms with E-state index in [4.69, 9.17) is 17.0 Å². The first-order chi connectivity index (χ1) is 15.2. The van der Waals surface area contributed by atoms with Gasteiger partial charge in [-0.05, 0) is 30.3 Å². The standard InChI is InChI=1S/C22H17F3N2O3S2/c1-2-10-27-20(29)18(32-21(27)31)11-14-6-3-4-9-17(14)30-13-19(28)26-16-8-5-7-15(12-16)22(23,24)25/h2-9,11-12H,1,10,13H2,(H,26,28)/b18-11-. The fourth-order valence-electron chi connectivity index (χ4n) is 2.77. The van der Waals surface area contributed by atoms with Crippen LogP contribution in [-0.4, -0.2) is 34.2 Å². The summed E-state index contributed by atoms with van der Waals surface area (Å²) < 4.78 is 44.4. The molecule has 1 fully saturated rings. The number of rotatable bonds is 7. The fraction of sp³-hybridized carbons (Fsp3) is 0.136. The van der Waals surface area contributed by atoms with Crippen LogP contribution in [0.3, 0.4) is 0 Å². The average molecular weight is 479 g/mol. The Morgan fingerprint density at radius 3 is 2.69 bits per heavy atom. The first-order valence-corrected chi connectivity index (χ1v) is 10.5. The number of hydrogen-bond donors (Lipinski definition) is 1. The molecule has 1 aliphatic heterocycles. The third kappa shape index (κ3) is 5.77. The minimum absolute atomic E-state index is 0.00704. The van der Waals surface area contributed by atoms with Gasteiger partial charge in [-0.1, -0.05) is 54.3 Å². The summed E-state index contributed by atoms with van der Waals surface area (Å²) in [6.45, 7) is 3.48. The number of thioether (sulfide) groups is 1. The molecule has 3 rings (SSSR count). The van der Waals surface area contributed by atoms with E-state index >= 15 is 0 Å². The van der Waals surface area contributed by atoms with Crippen LogP contribution in [0.15, 0.2) is 66.1 Å². The van der Waals surface area contributed by atoms with E-state index in [2.05, 4.69) is 11.9 Å². The average Bonchev–Trinajstić information content (AvgIpc) is 3.00. The van der Waals surface area contributed by atoms with Crippen LogP contribution in [0.4, 0.5) is 18.9 Å². The Morgan fingerprint density at radius 1 is 1.22 bits per heavy atom. The lowest BCUT2D eigenvalue weighted by Gasteiger charge is -2.12. The summed E-state index contributed by atoms with van der Waals surface area (Å²) in [4.78, 5) is 26.5. The van der Waals surface area contributed by atoms with Crippen molar-refractivity contribution in [1.29, 1.82) is 0 Å². The van der Waals surface area contributed by atoms with E-state index < -0.39 is 24.3 Å². The monoisotopic (exact) mass is 478 g/mol. The van der Waals surface area contributed by atoms with Gasteiger partial charge in [-0.15, -0.1) is 6.58 Å². The van der Waals surface area contributed by atoms with Crippen molar-refractivity contribution in [2.75, 3.05) is 18.5 Å². The van der Waals surface area contributed by atoms with Gasteiger partial charge in [-0.2, -0.15) is 13.2 Å². The Morgan fingerprint density at radius 2 is 1.97 bits per heavy atom. The molecule has 1 aliphatic rings. The molecule has 0 unspecified atom stereocenters. The largest absolute Gasteiger partial charge is 0.483 e.